The number of hydrogen-bond acceptors (Lipinski definition) is 3. The van der Waals surface area contributed by atoms with E-state index < -0.39 is 0 Å². The number of amides is 1. The van der Waals surface area contributed by atoms with Gasteiger partial charge < -0.3 is 9.64 Å². The van der Waals surface area contributed by atoms with Crippen LogP contribution in [0.1, 0.15) is 54.8 Å². The van der Waals surface area contributed by atoms with Gasteiger partial charge in [0.15, 0.2) is 0 Å². The highest BCUT2D eigenvalue weighted by Crippen LogP contribution is 2.34. The summed E-state index contributed by atoms with van der Waals surface area (Å²) < 4.78 is 5.86. The number of hydrogen-bond donors (Lipinski definition) is 0. The van der Waals surface area contributed by atoms with Crippen molar-refractivity contribution in [1.29, 1.82) is 0 Å². The van der Waals surface area contributed by atoms with Gasteiger partial charge in [0.25, 0.3) is 0 Å². The van der Waals surface area contributed by atoms with Crippen LogP contribution in [0, 0.1) is 0 Å². The van der Waals surface area contributed by atoms with Gasteiger partial charge >= 0.3 is 0 Å². The maximum atomic E-state index is 12.7. The summed E-state index contributed by atoms with van der Waals surface area (Å²) in [6.45, 7) is 0.553. The highest BCUT2D eigenvalue weighted by molar-refractivity contribution is 5.76. The first kappa shape index (κ1) is 22.1. The highest BCUT2D eigenvalue weighted by Gasteiger charge is 2.27. The standard InChI is InChI=1S/C28H32N2O2/c1-30(28(31)19-12-22-8-4-2-5-9-22)25-15-13-24(14-16-25)27-18-17-26(20-29-27)32-21-23-10-6-3-7-11-23/h2-11,17-18,20,24-25H,12-16,19,21H2,1H3. The molecule has 0 N–H and O–H groups in total. The van der Waals surface area contributed by atoms with Crippen LogP contribution in [-0.2, 0) is 17.8 Å². The third-order valence-corrected chi connectivity index (χ3v) is 6.53. The lowest BCUT2D eigenvalue weighted by molar-refractivity contribution is -0.132. The van der Waals surface area contributed by atoms with E-state index in [1.165, 1.54) is 5.56 Å². The lowest BCUT2D eigenvalue weighted by Gasteiger charge is -2.34. The molecule has 166 valence electrons. The van der Waals surface area contributed by atoms with Gasteiger partial charge in [-0.15, -0.1) is 0 Å². The Kier molecular flexibility index (Phi) is 7.55. The van der Waals surface area contributed by atoms with E-state index in [2.05, 4.69) is 35.3 Å². The van der Waals surface area contributed by atoms with Crippen LogP contribution in [0.2, 0.25) is 0 Å². The number of carbonyl (C=O) groups excluding carboxylic acids is 1. The lowest BCUT2D eigenvalue weighted by Crippen LogP contribution is -2.39. The van der Waals surface area contributed by atoms with Crippen LogP contribution in [0.15, 0.2) is 79.0 Å². The molecule has 1 heterocycles. The van der Waals surface area contributed by atoms with E-state index in [-0.39, 0.29) is 5.91 Å². The Morgan fingerprint density at radius 1 is 0.906 bits per heavy atom. The van der Waals surface area contributed by atoms with Crippen molar-refractivity contribution < 1.29 is 9.53 Å². The second-order valence-electron chi connectivity index (χ2n) is 8.69. The zero-order valence-electron chi connectivity index (χ0n) is 18.8. The van der Waals surface area contributed by atoms with Crippen LogP contribution < -0.4 is 4.74 Å². The van der Waals surface area contributed by atoms with E-state index in [0.29, 0.717) is 25.0 Å². The summed E-state index contributed by atoms with van der Waals surface area (Å²) in [7, 11) is 1.97. The molecule has 1 fully saturated rings. The minimum atomic E-state index is 0.246. The van der Waals surface area contributed by atoms with Gasteiger partial charge in [-0.1, -0.05) is 60.7 Å². The number of carbonyl (C=O) groups is 1. The summed E-state index contributed by atoms with van der Waals surface area (Å²) in [6.07, 6.45) is 7.42. The van der Waals surface area contributed by atoms with Gasteiger partial charge in [0, 0.05) is 31.1 Å². The fourth-order valence-electron chi connectivity index (χ4n) is 4.49. The molecule has 0 spiro atoms. The molecule has 1 aliphatic carbocycles. The topological polar surface area (TPSA) is 42.4 Å². The Morgan fingerprint density at radius 2 is 1.56 bits per heavy atom. The Balaban J connectivity index is 1.22. The zero-order chi connectivity index (χ0) is 22.2. The van der Waals surface area contributed by atoms with Crippen molar-refractivity contribution in [2.24, 2.45) is 0 Å². The molecule has 1 aromatic heterocycles. The fourth-order valence-corrected chi connectivity index (χ4v) is 4.49. The quantitative estimate of drug-likeness (QED) is 0.457. The molecule has 0 atom stereocenters. The van der Waals surface area contributed by atoms with Gasteiger partial charge in [-0.25, -0.2) is 0 Å². The Labute approximate surface area is 191 Å². The molecule has 0 bridgehead atoms. The van der Waals surface area contributed by atoms with Gasteiger partial charge in [-0.2, -0.15) is 0 Å². The molecule has 0 radical (unpaired) electrons. The molecule has 1 amide bonds. The average molecular weight is 429 g/mol. The van der Waals surface area contributed by atoms with Gasteiger partial charge in [0.2, 0.25) is 5.91 Å². The van der Waals surface area contributed by atoms with Gasteiger partial charge in [0.1, 0.15) is 12.4 Å². The summed E-state index contributed by atoms with van der Waals surface area (Å²) in [5, 5.41) is 0. The molecule has 0 unspecified atom stereocenters. The Morgan fingerprint density at radius 3 is 2.19 bits per heavy atom. The van der Waals surface area contributed by atoms with Gasteiger partial charge in [-0.05, 0) is 55.4 Å². The van der Waals surface area contributed by atoms with E-state index in [1.807, 2.05) is 60.6 Å². The second kappa shape index (κ2) is 10.9. The summed E-state index contributed by atoms with van der Waals surface area (Å²) >= 11 is 0. The molecule has 0 aliphatic heterocycles. The minimum absolute atomic E-state index is 0.246. The number of aromatic nitrogens is 1. The first-order valence-corrected chi connectivity index (χ1v) is 11.6. The van der Waals surface area contributed by atoms with Crippen LogP contribution in [0.5, 0.6) is 5.75 Å². The van der Waals surface area contributed by atoms with Crippen molar-refractivity contribution in [3.05, 3.63) is 95.8 Å². The zero-order valence-corrected chi connectivity index (χ0v) is 18.8. The molecule has 1 aliphatic rings. The van der Waals surface area contributed by atoms with E-state index in [0.717, 1.165) is 49.1 Å². The van der Waals surface area contributed by atoms with Crippen molar-refractivity contribution in [3.8, 4) is 5.75 Å². The number of aryl methyl sites for hydroxylation is 1. The maximum absolute atomic E-state index is 12.7. The molecular formula is C28H32N2O2. The number of benzene rings is 2. The molecule has 4 heteroatoms. The molecular weight excluding hydrogens is 396 g/mol. The number of nitrogens with zero attached hydrogens (tertiary/aromatic N) is 2. The van der Waals surface area contributed by atoms with Crippen molar-refractivity contribution in [1.82, 2.24) is 9.88 Å². The molecule has 4 nitrogen and oxygen atoms in total. The average Bonchev–Trinajstić information content (AvgIpc) is 2.87. The predicted octanol–water partition coefficient (Wildman–Crippen LogP) is 5.78. The number of rotatable bonds is 8. The minimum Gasteiger partial charge on any atom is -0.487 e. The van der Waals surface area contributed by atoms with E-state index >= 15 is 0 Å². The molecule has 4 rings (SSSR count). The van der Waals surface area contributed by atoms with Crippen molar-refractivity contribution in [3.63, 3.8) is 0 Å². The van der Waals surface area contributed by atoms with Gasteiger partial charge in [0.05, 0.1) is 6.20 Å². The second-order valence-corrected chi connectivity index (χ2v) is 8.69. The van der Waals surface area contributed by atoms with E-state index in [9.17, 15) is 4.79 Å². The predicted molar refractivity (Wildman–Crippen MR) is 128 cm³/mol. The largest absolute Gasteiger partial charge is 0.487 e. The number of ether oxygens (including phenoxy) is 1. The third kappa shape index (κ3) is 5.97. The van der Waals surface area contributed by atoms with Crippen LogP contribution in [0.3, 0.4) is 0 Å². The lowest BCUT2D eigenvalue weighted by atomic mass is 9.83. The summed E-state index contributed by atoms with van der Waals surface area (Å²) in [6, 6.07) is 24.9. The first-order valence-electron chi connectivity index (χ1n) is 11.6. The van der Waals surface area contributed by atoms with Gasteiger partial charge in [-0.3, -0.25) is 9.78 Å². The van der Waals surface area contributed by atoms with E-state index in [1.54, 1.807) is 0 Å². The highest BCUT2D eigenvalue weighted by atomic mass is 16.5. The first-order chi connectivity index (χ1) is 15.7. The monoisotopic (exact) mass is 428 g/mol. The Bertz CT molecular complexity index is 965. The summed E-state index contributed by atoms with van der Waals surface area (Å²) in [4.78, 5) is 19.3. The molecule has 2 aromatic carbocycles. The van der Waals surface area contributed by atoms with Crippen LogP contribution in [0.25, 0.3) is 0 Å². The van der Waals surface area contributed by atoms with Crippen LogP contribution in [-0.4, -0.2) is 28.9 Å². The SMILES string of the molecule is CN(C(=O)CCc1ccccc1)C1CCC(c2ccc(OCc3ccccc3)cn2)CC1. The molecule has 0 saturated heterocycles. The van der Waals surface area contributed by atoms with Crippen molar-refractivity contribution in [2.75, 3.05) is 7.05 Å². The van der Waals surface area contributed by atoms with Crippen LogP contribution in [0.4, 0.5) is 0 Å². The Hall–Kier alpha value is -3.14. The van der Waals surface area contributed by atoms with Crippen molar-refractivity contribution >= 4 is 5.91 Å². The molecule has 32 heavy (non-hydrogen) atoms. The van der Waals surface area contributed by atoms with Crippen molar-refractivity contribution in [2.45, 2.75) is 57.1 Å². The number of pyridine rings is 1. The third-order valence-electron chi connectivity index (χ3n) is 6.53. The molecule has 3 aromatic rings. The van der Waals surface area contributed by atoms with Crippen LogP contribution >= 0.6 is 0 Å². The van der Waals surface area contributed by atoms with E-state index in [4.69, 9.17) is 4.74 Å². The summed E-state index contributed by atoms with van der Waals surface area (Å²) in [5.74, 6) is 1.51. The molecule has 1 saturated carbocycles. The fraction of sp³-hybridized carbons (Fsp3) is 0.357. The maximum Gasteiger partial charge on any atom is 0.222 e. The summed E-state index contributed by atoms with van der Waals surface area (Å²) in [5.41, 5.74) is 3.51. The normalized spacial score (nSPS) is 18.2. The smallest absolute Gasteiger partial charge is 0.222 e.